The van der Waals surface area contributed by atoms with Crippen LogP contribution in [0, 0.1) is 0 Å². The number of carboxylic acid groups (broad SMARTS) is 1. The highest BCUT2D eigenvalue weighted by molar-refractivity contribution is 5.87. The first-order valence-corrected chi connectivity index (χ1v) is 7.85. The molecule has 0 saturated heterocycles. The quantitative estimate of drug-likeness (QED) is 0.886. The Morgan fingerprint density at radius 2 is 1.91 bits per heavy atom. The summed E-state index contributed by atoms with van der Waals surface area (Å²) in [6.45, 7) is 1.75. The summed E-state index contributed by atoms with van der Waals surface area (Å²) in [5.74, 6) is -0.290. The molecule has 0 spiro atoms. The summed E-state index contributed by atoms with van der Waals surface area (Å²) in [5, 5.41) is 12.4. The molecule has 2 aromatic carbocycles. The number of rotatable bonds is 5. The lowest BCUT2D eigenvalue weighted by atomic mass is 9.83. The van der Waals surface area contributed by atoms with E-state index in [2.05, 4.69) is 29.6 Å². The van der Waals surface area contributed by atoms with Gasteiger partial charge in [-0.3, -0.25) is 0 Å². The third-order valence-electron chi connectivity index (χ3n) is 4.41. The van der Waals surface area contributed by atoms with Crippen LogP contribution in [0.2, 0.25) is 0 Å². The summed E-state index contributed by atoms with van der Waals surface area (Å²) in [5.41, 5.74) is 4.44. The minimum Gasteiger partial charge on any atom is -0.478 e. The average Bonchev–Trinajstić information content (AvgIpc) is 2.55. The molecule has 1 aliphatic carbocycles. The van der Waals surface area contributed by atoms with Crippen LogP contribution in [0.1, 0.15) is 45.8 Å². The third kappa shape index (κ3) is 3.37. The first-order valence-electron chi connectivity index (χ1n) is 7.85. The number of carboxylic acids is 1. The van der Waals surface area contributed by atoms with E-state index in [9.17, 15) is 4.79 Å². The van der Waals surface area contributed by atoms with E-state index < -0.39 is 5.97 Å². The van der Waals surface area contributed by atoms with Gasteiger partial charge >= 0.3 is 5.97 Å². The Kier molecular flexibility index (Phi) is 4.54. The minimum atomic E-state index is -0.877. The number of hydrogen-bond acceptors (Lipinski definition) is 2. The molecule has 1 atom stereocenters. The fourth-order valence-electron chi connectivity index (χ4n) is 3.22. The summed E-state index contributed by atoms with van der Waals surface area (Å²) in [7, 11) is 0. The highest BCUT2D eigenvalue weighted by atomic mass is 16.4. The maximum Gasteiger partial charge on any atom is 0.335 e. The van der Waals surface area contributed by atoms with E-state index in [1.807, 2.05) is 12.1 Å². The number of carbonyl (C=O) groups is 1. The van der Waals surface area contributed by atoms with E-state index in [1.54, 1.807) is 12.1 Å². The van der Waals surface area contributed by atoms with Crippen LogP contribution in [0.5, 0.6) is 0 Å². The Morgan fingerprint density at radius 1 is 1.14 bits per heavy atom. The summed E-state index contributed by atoms with van der Waals surface area (Å²) in [4.78, 5) is 10.8. The predicted molar refractivity (Wildman–Crippen MR) is 87.2 cm³/mol. The fourth-order valence-corrected chi connectivity index (χ4v) is 3.22. The fraction of sp³-hybridized carbons (Fsp3) is 0.316. The second-order valence-corrected chi connectivity index (χ2v) is 5.92. The van der Waals surface area contributed by atoms with E-state index in [-0.39, 0.29) is 0 Å². The molecule has 0 aliphatic heterocycles. The normalized spacial score (nSPS) is 17.0. The van der Waals surface area contributed by atoms with E-state index in [1.165, 1.54) is 30.4 Å². The van der Waals surface area contributed by atoms with Crippen LogP contribution in [0.25, 0.3) is 0 Å². The first kappa shape index (κ1) is 14.8. The Hall–Kier alpha value is -2.13. The first-order chi connectivity index (χ1) is 10.7. The maximum absolute atomic E-state index is 10.8. The van der Waals surface area contributed by atoms with Gasteiger partial charge in [-0.1, -0.05) is 36.4 Å². The number of benzene rings is 2. The minimum absolute atomic E-state index is 0.338. The molecule has 3 nitrogen and oxygen atoms in total. The van der Waals surface area contributed by atoms with Gasteiger partial charge in [0.25, 0.3) is 0 Å². The van der Waals surface area contributed by atoms with Crippen LogP contribution in [0.15, 0.2) is 48.5 Å². The van der Waals surface area contributed by atoms with Crippen molar-refractivity contribution >= 4 is 5.97 Å². The largest absolute Gasteiger partial charge is 0.478 e. The number of aryl methyl sites for hydroxylation is 1. The maximum atomic E-state index is 10.8. The van der Waals surface area contributed by atoms with Crippen molar-refractivity contribution in [2.45, 2.75) is 31.7 Å². The molecule has 3 rings (SSSR count). The number of nitrogens with one attached hydrogen (secondary N) is 1. The van der Waals surface area contributed by atoms with E-state index in [0.717, 1.165) is 18.7 Å². The number of hydrogen-bond donors (Lipinski definition) is 2. The van der Waals surface area contributed by atoms with Crippen LogP contribution >= 0.6 is 0 Å². The van der Waals surface area contributed by atoms with Crippen molar-refractivity contribution in [3.63, 3.8) is 0 Å². The van der Waals surface area contributed by atoms with E-state index >= 15 is 0 Å². The SMILES string of the molecule is O=C(O)c1ccc(CNCC2CCCc3ccccc32)cc1. The Morgan fingerprint density at radius 3 is 2.68 bits per heavy atom. The molecule has 1 unspecified atom stereocenters. The molecular weight excluding hydrogens is 274 g/mol. The van der Waals surface area contributed by atoms with Gasteiger partial charge in [-0.25, -0.2) is 4.79 Å². The van der Waals surface area contributed by atoms with Crippen molar-refractivity contribution in [1.82, 2.24) is 5.32 Å². The second-order valence-electron chi connectivity index (χ2n) is 5.92. The van der Waals surface area contributed by atoms with Crippen molar-refractivity contribution in [2.75, 3.05) is 6.54 Å². The monoisotopic (exact) mass is 295 g/mol. The van der Waals surface area contributed by atoms with Gasteiger partial charge in [0.1, 0.15) is 0 Å². The second kappa shape index (κ2) is 6.75. The van der Waals surface area contributed by atoms with Crippen LogP contribution in [-0.2, 0) is 13.0 Å². The Bertz CT molecular complexity index is 649. The van der Waals surface area contributed by atoms with E-state index in [0.29, 0.717) is 11.5 Å². The molecular formula is C19H21NO2. The lowest BCUT2D eigenvalue weighted by Gasteiger charge is -2.25. The molecule has 2 N–H and O–H groups in total. The zero-order valence-electron chi connectivity index (χ0n) is 12.6. The summed E-state index contributed by atoms with van der Waals surface area (Å²) >= 11 is 0. The van der Waals surface area contributed by atoms with Gasteiger partial charge in [0.2, 0.25) is 0 Å². The molecule has 0 fully saturated rings. The zero-order valence-corrected chi connectivity index (χ0v) is 12.6. The van der Waals surface area contributed by atoms with Crippen LogP contribution in [0.4, 0.5) is 0 Å². The molecule has 0 bridgehead atoms. The van der Waals surface area contributed by atoms with Gasteiger partial charge in [-0.15, -0.1) is 0 Å². The number of aromatic carboxylic acids is 1. The summed E-state index contributed by atoms with van der Waals surface area (Å²) in [6.07, 6.45) is 3.70. The van der Waals surface area contributed by atoms with Crippen molar-refractivity contribution in [3.05, 3.63) is 70.8 Å². The Balaban J connectivity index is 1.56. The van der Waals surface area contributed by atoms with Gasteiger partial charge in [0.05, 0.1) is 5.56 Å². The molecule has 0 saturated carbocycles. The molecule has 22 heavy (non-hydrogen) atoms. The predicted octanol–water partition coefficient (Wildman–Crippen LogP) is 3.59. The summed E-state index contributed by atoms with van der Waals surface area (Å²) in [6, 6.07) is 15.8. The molecule has 1 aliphatic rings. The van der Waals surface area contributed by atoms with Gasteiger partial charge in [-0.05, 0) is 54.0 Å². The third-order valence-corrected chi connectivity index (χ3v) is 4.41. The molecule has 2 aromatic rings. The molecule has 114 valence electrons. The average molecular weight is 295 g/mol. The van der Waals surface area contributed by atoms with Crippen molar-refractivity contribution in [1.29, 1.82) is 0 Å². The smallest absolute Gasteiger partial charge is 0.335 e. The van der Waals surface area contributed by atoms with Crippen LogP contribution in [-0.4, -0.2) is 17.6 Å². The molecule has 0 aromatic heterocycles. The van der Waals surface area contributed by atoms with Gasteiger partial charge in [0.15, 0.2) is 0 Å². The zero-order chi connectivity index (χ0) is 15.4. The number of fused-ring (bicyclic) bond motifs is 1. The van der Waals surface area contributed by atoms with Gasteiger partial charge in [0, 0.05) is 13.1 Å². The van der Waals surface area contributed by atoms with Crippen LogP contribution in [0.3, 0.4) is 0 Å². The van der Waals surface area contributed by atoms with E-state index in [4.69, 9.17) is 5.11 Å². The molecule has 3 heteroatoms. The molecule has 0 heterocycles. The lowest BCUT2D eigenvalue weighted by molar-refractivity contribution is 0.0697. The molecule has 0 amide bonds. The van der Waals surface area contributed by atoms with Crippen LogP contribution < -0.4 is 5.32 Å². The van der Waals surface area contributed by atoms with Crippen molar-refractivity contribution < 1.29 is 9.90 Å². The van der Waals surface area contributed by atoms with Crippen molar-refractivity contribution in [2.24, 2.45) is 0 Å². The highest BCUT2D eigenvalue weighted by Crippen LogP contribution is 2.30. The Labute approximate surface area is 131 Å². The lowest BCUT2D eigenvalue weighted by Crippen LogP contribution is -2.24. The molecule has 0 radical (unpaired) electrons. The highest BCUT2D eigenvalue weighted by Gasteiger charge is 2.18. The topological polar surface area (TPSA) is 49.3 Å². The summed E-state index contributed by atoms with van der Waals surface area (Å²) < 4.78 is 0. The van der Waals surface area contributed by atoms with Gasteiger partial charge < -0.3 is 10.4 Å². The van der Waals surface area contributed by atoms with Gasteiger partial charge in [-0.2, -0.15) is 0 Å². The standard InChI is InChI=1S/C19H21NO2/c21-19(22)16-10-8-14(9-11-16)12-20-13-17-6-3-5-15-4-1-2-7-18(15)17/h1-2,4,7-11,17,20H,3,5-6,12-13H2,(H,21,22). The van der Waals surface area contributed by atoms with Crippen molar-refractivity contribution in [3.8, 4) is 0 Å².